The van der Waals surface area contributed by atoms with Crippen molar-refractivity contribution in [3.8, 4) is 5.75 Å². The molecule has 2 amide bonds. The minimum atomic E-state index is -0.368. The van der Waals surface area contributed by atoms with Crippen molar-refractivity contribution in [3.63, 3.8) is 0 Å². The minimum Gasteiger partial charge on any atom is -0.495 e. The van der Waals surface area contributed by atoms with Crippen molar-refractivity contribution in [3.05, 3.63) is 82.3 Å². The molecule has 1 aromatic heterocycles. The first-order chi connectivity index (χ1) is 12.2. The smallest absolute Gasteiger partial charge is 0.320 e. The van der Waals surface area contributed by atoms with Crippen molar-refractivity contribution in [1.82, 2.24) is 5.32 Å². The van der Waals surface area contributed by atoms with Crippen LogP contribution in [0.3, 0.4) is 0 Å². The molecule has 25 heavy (non-hydrogen) atoms. The summed E-state index contributed by atoms with van der Waals surface area (Å²) in [4.78, 5) is 13.4. The molecular formula is C19H17FN2O2S. The van der Waals surface area contributed by atoms with Gasteiger partial charge < -0.3 is 15.4 Å². The van der Waals surface area contributed by atoms with Crippen LogP contribution in [0.25, 0.3) is 0 Å². The van der Waals surface area contributed by atoms with E-state index in [1.54, 1.807) is 31.4 Å². The van der Waals surface area contributed by atoms with Crippen LogP contribution in [0.4, 0.5) is 14.9 Å². The number of carbonyl (C=O) groups excluding carboxylic acids is 1. The van der Waals surface area contributed by atoms with E-state index in [-0.39, 0.29) is 17.9 Å². The summed E-state index contributed by atoms with van der Waals surface area (Å²) >= 11 is 1.53. The molecule has 0 aliphatic carbocycles. The Morgan fingerprint density at radius 3 is 2.52 bits per heavy atom. The highest BCUT2D eigenvalue weighted by atomic mass is 32.1. The van der Waals surface area contributed by atoms with E-state index in [9.17, 15) is 9.18 Å². The lowest BCUT2D eigenvalue weighted by atomic mass is 10.1. The van der Waals surface area contributed by atoms with Crippen molar-refractivity contribution < 1.29 is 13.9 Å². The fraction of sp³-hybridized carbons (Fsp3) is 0.105. The maximum Gasteiger partial charge on any atom is 0.320 e. The lowest BCUT2D eigenvalue weighted by Gasteiger charge is -2.19. The van der Waals surface area contributed by atoms with Crippen molar-refractivity contribution >= 4 is 23.1 Å². The molecule has 0 radical (unpaired) electrons. The standard InChI is InChI=1S/C19H17FN2O2S/c1-24-16-6-3-2-5-15(16)21-19(23)22-18(17-7-4-12-25-17)13-8-10-14(20)11-9-13/h2-12,18H,1H3,(H2,21,22,23)/t18-/m1/s1. The van der Waals surface area contributed by atoms with Crippen LogP contribution in [-0.2, 0) is 0 Å². The van der Waals surface area contributed by atoms with E-state index in [1.165, 1.54) is 23.5 Å². The molecule has 1 heterocycles. The topological polar surface area (TPSA) is 50.4 Å². The number of thiophene rings is 1. The van der Waals surface area contributed by atoms with E-state index in [0.29, 0.717) is 11.4 Å². The minimum absolute atomic E-state index is 0.313. The normalized spacial score (nSPS) is 11.6. The lowest BCUT2D eigenvalue weighted by molar-refractivity contribution is 0.250. The molecule has 0 spiro atoms. The summed E-state index contributed by atoms with van der Waals surface area (Å²) < 4.78 is 18.5. The Kier molecular flexibility index (Phi) is 5.30. The fourth-order valence-corrected chi connectivity index (χ4v) is 3.27. The van der Waals surface area contributed by atoms with Crippen LogP contribution in [0, 0.1) is 5.82 Å². The largest absolute Gasteiger partial charge is 0.495 e. The van der Waals surface area contributed by atoms with E-state index in [4.69, 9.17) is 4.74 Å². The van der Waals surface area contributed by atoms with Crippen molar-refractivity contribution in [1.29, 1.82) is 0 Å². The van der Waals surface area contributed by atoms with Gasteiger partial charge in [-0.05, 0) is 41.3 Å². The highest BCUT2D eigenvalue weighted by Crippen LogP contribution is 2.27. The number of amides is 2. The number of hydrogen-bond donors (Lipinski definition) is 2. The van der Waals surface area contributed by atoms with Crippen LogP contribution < -0.4 is 15.4 Å². The third-order valence-corrected chi connectivity index (χ3v) is 4.60. The van der Waals surface area contributed by atoms with Gasteiger partial charge in [-0.25, -0.2) is 9.18 Å². The molecule has 6 heteroatoms. The molecule has 2 aromatic carbocycles. The van der Waals surface area contributed by atoms with Crippen LogP contribution in [-0.4, -0.2) is 13.1 Å². The molecule has 2 N–H and O–H groups in total. The SMILES string of the molecule is COc1ccccc1NC(=O)N[C@H](c1ccc(F)cc1)c1cccs1. The number of ether oxygens (including phenoxy) is 1. The van der Waals surface area contributed by atoms with Crippen molar-refractivity contribution in [2.75, 3.05) is 12.4 Å². The van der Waals surface area contributed by atoms with Crippen LogP contribution in [0.15, 0.2) is 66.0 Å². The zero-order chi connectivity index (χ0) is 17.6. The Morgan fingerprint density at radius 2 is 1.84 bits per heavy atom. The first-order valence-electron chi connectivity index (χ1n) is 7.67. The molecule has 0 bridgehead atoms. The third kappa shape index (κ3) is 4.16. The number of benzene rings is 2. The van der Waals surface area contributed by atoms with Crippen molar-refractivity contribution in [2.24, 2.45) is 0 Å². The van der Waals surface area contributed by atoms with Gasteiger partial charge in [0, 0.05) is 4.88 Å². The van der Waals surface area contributed by atoms with E-state index in [0.717, 1.165) is 10.4 Å². The number of methoxy groups -OCH3 is 1. The second-order valence-corrected chi connectivity index (χ2v) is 6.28. The second-order valence-electron chi connectivity index (χ2n) is 5.30. The lowest BCUT2D eigenvalue weighted by Crippen LogP contribution is -2.33. The Hall–Kier alpha value is -2.86. The van der Waals surface area contributed by atoms with Gasteiger partial charge in [-0.3, -0.25) is 0 Å². The van der Waals surface area contributed by atoms with Gasteiger partial charge in [-0.15, -0.1) is 11.3 Å². The molecule has 0 aliphatic rings. The molecule has 0 unspecified atom stereocenters. The quantitative estimate of drug-likeness (QED) is 0.689. The fourth-order valence-electron chi connectivity index (χ4n) is 2.47. The van der Waals surface area contributed by atoms with Crippen LogP contribution >= 0.6 is 11.3 Å². The maximum atomic E-state index is 13.2. The molecule has 128 valence electrons. The summed E-state index contributed by atoms with van der Waals surface area (Å²) in [6.07, 6.45) is 0. The van der Waals surface area contributed by atoms with Crippen LogP contribution in [0.5, 0.6) is 5.75 Å². The molecule has 3 rings (SSSR count). The van der Waals surface area contributed by atoms with Gasteiger partial charge in [0.1, 0.15) is 11.6 Å². The Morgan fingerprint density at radius 1 is 1.08 bits per heavy atom. The number of rotatable bonds is 5. The Bertz CT molecular complexity index is 835. The van der Waals surface area contributed by atoms with E-state index in [1.807, 2.05) is 29.6 Å². The molecule has 4 nitrogen and oxygen atoms in total. The number of urea groups is 1. The summed E-state index contributed by atoms with van der Waals surface area (Å²) in [5.74, 6) is 0.263. The zero-order valence-corrected chi connectivity index (χ0v) is 14.3. The number of carbonyl (C=O) groups is 1. The van der Waals surface area contributed by atoms with E-state index < -0.39 is 0 Å². The molecule has 0 saturated heterocycles. The number of nitrogens with one attached hydrogen (secondary N) is 2. The summed E-state index contributed by atoms with van der Waals surface area (Å²) in [7, 11) is 1.55. The predicted octanol–water partition coefficient (Wildman–Crippen LogP) is 4.81. The van der Waals surface area contributed by atoms with Crippen molar-refractivity contribution in [2.45, 2.75) is 6.04 Å². The number of hydrogen-bond acceptors (Lipinski definition) is 3. The maximum absolute atomic E-state index is 13.2. The zero-order valence-electron chi connectivity index (χ0n) is 13.5. The molecule has 1 atom stereocenters. The van der Waals surface area contributed by atoms with Gasteiger partial charge in [-0.1, -0.05) is 30.3 Å². The van der Waals surface area contributed by atoms with Gasteiger partial charge in [0.05, 0.1) is 18.8 Å². The van der Waals surface area contributed by atoms with E-state index >= 15 is 0 Å². The van der Waals surface area contributed by atoms with Crippen LogP contribution in [0.1, 0.15) is 16.5 Å². The summed E-state index contributed by atoms with van der Waals surface area (Å²) in [5.41, 5.74) is 1.38. The first kappa shape index (κ1) is 17.0. The van der Waals surface area contributed by atoms with Gasteiger partial charge in [0.2, 0.25) is 0 Å². The number of anilines is 1. The van der Waals surface area contributed by atoms with Gasteiger partial charge in [0.15, 0.2) is 0 Å². The van der Waals surface area contributed by atoms with Gasteiger partial charge >= 0.3 is 6.03 Å². The molecule has 0 saturated carbocycles. The molecular weight excluding hydrogens is 339 g/mol. The number of para-hydroxylation sites is 2. The van der Waals surface area contributed by atoms with Gasteiger partial charge in [-0.2, -0.15) is 0 Å². The summed E-state index contributed by atoms with van der Waals surface area (Å²) in [6, 6.07) is 16.4. The summed E-state index contributed by atoms with van der Waals surface area (Å²) in [6.45, 7) is 0. The molecule has 3 aromatic rings. The Balaban J connectivity index is 1.80. The third-order valence-electron chi connectivity index (χ3n) is 3.66. The highest BCUT2D eigenvalue weighted by molar-refractivity contribution is 7.10. The number of halogens is 1. The second kappa shape index (κ2) is 7.81. The molecule has 0 aliphatic heterocycles. The molecule has 0 fully saturated rings. The van der Waals surface area contributed by atoms with Crippen LogP contribution in [0.2, 0.25) is 0 Å². The average molecular weight is 356 g/mol. The average Bonchev–Trinajstić information content (AvgIpc) is 3.15. The highest BCUT2D eigenvalue weighted by Gasteiger charge is 2.18. The predicted molar refractivity (Wildman–Crippen MR) is 97.7 cm³/mol. The Labute approximate surface area is 149 Å². The monoisotopic (exact) mass is 356 g/mol. The van der Waals surface area contributed by atoms with E-state index in [2.05, 4.69) is 10.6 Å². The summed E-state index contributed by atoms with van der Waals surface area (Å²) in [5, 5.41) is 7.66. The van der Waals surface area contributed by atoms with Gasteiger partial charge in [0.25, 0.3) is 0 Å². The first-order valence-corrected chi connectivity index (χ1v) is 8.55.